The van der Waals surface area contributed by atoms with Gasteiger partial charge in [0.05, 0.1) is 0 Å². The van der Waals surface area contributed by atoms with Gasteiger partial charge in [0.15, 0.2) is 0 Å². The molecule has 3 atom stereocenters. The second-order valence-corrected chi connectivity index (χ2v) is 7.37. The molecule has 1 aliphatic heterocycles. The molecular formula is C18H23NO2. The van der Waals surface area contributed by atoms with E-state index in [-0.39, 0.29) is 5.41 Å². The number of benzene rings is 1. The van der Waals surface area contributed by atoms with Gasteiger partial charge in [0, 0.05) is 18.5 Å². The molecule has 2 bridgehead atoms. The molecule has 3 heteroatoms. The van der Waals surface area contributed by atoms with E-state index in [0.717, 1.165) is 32.2 Å². The van der Waals surface area contributed by atoms with E-state index in [4.69, 9.17) is 0 Å². The number of nitrogens with zero attached hydrogens (tertiary/aromatic N) is 1. The fraction of sp³-hybridized carbons (Fsp3) is 0.611. The van der Waals surface area contributed by atoms with E-state index < -0.39 is 0 Å². The number of hydrogen-bond acceptors (Lipinski definition) is 2. The number of fused-ring (bicyclic) bond motifs is 4. The first kappa shape index (κ1) is 13.2. The Bertz CT molecular complexity index is 607. The Morgan fingerprint density at radius 3 is 2.86 bits per heavy atom. The molecule has 112 valence electrons. The maximum atomic E-state index is 12.6. The minimum absolute atomic E-state index is 0.0807. The molecule has 2 fully saturated rings. The molecule has 1 saturated heterocycles. The van der Waals surface area contributed by atoms with Crippen LogP contribution in [0.2, 0.25) is 0 Å². The van der Waals surface area contributed by atoms with Crippen LogP contribution in [0.4, 0.5) is 0 Å². The first-order chi connectivity index (χ1) is 10.0. The van der Waals surface area contributed by atoms with E-state index in [9.17, 15) is 9.90 Å². The highest BCUT2D eigenvalue weighted by Gasteiger charge is 2.51. The van der Waals surface area contributed by atoms with Crippen LogP contribution in [0.5, 0.6) is 5.75 Å². The fourth-order valence-corrected chi connectivity index (χ4v) is 4.45. The largest absolute Gasteiger partial charge is 0.508 e. The quantitative estimate of drug-likeness (QED) is 0.862. The summed E-state index contributed by atoms with van der Waals surface area (Å²) in [6, 6.07) is 6.10. The third-order valence-corrected chi connectivity index (χ3v) is 6.20. The fourth-order valence-electron chi connectivity index (χ4n) is 4.45. The highest BCUT2D eigenvalue weighted by molar-refractivity contribution is 5.81. The molecular weight excluding hydrogens is 262 g/mol. The molecule has 4 rings (SSSR count). The normalized spacial score (nSPS) is 34.5. The molecule has 0 aromatic heterocycles. The molecule has 0 unspecified atom stereocenters. The Balaban J connectivity index is 1.75. The summed E-state index contributed by atoms with van der Waals surface area (Å²) >= 11 is 0. The summed E-state index contributed by atoms with van der Waals surface area (Å²) in [4.78, 5) is 14.7. The monoisotopic (exact) mass is 285 g/mol. The van der Waals surface area contributed by atoms with E-state index in [1.165, 1.54) is 11.1 Å². The van der Waals surface area contributed by atoms with Crippen LogP contribution in [0.15, 0.2) is 18.2 Å². The van der Waals surface area contributed by atoms with Crippen molar-refractivity contribution in [3.8, 4) is 5.75 Å². The number of phenolic OH excluding ortho intramolecular Hbond substituents is 1. The Kier molecular flexibility index (Phi) is 2.66. The maximum absolute atomic E-state index is 12.6. The average Bonchev–Trinajstić information content (AvgIpc) is 3.28. The number of amides is 1. The minimum atomic E-state index is 0.0807. The van der Waals surface area contributed by atoms with Crippen LogP contribution >= 0.6 is 0 Å². The molecule has 1 amide bonds. The second kappa shape index (κ2) is 4.25. The lowest BCUT2D eigenvalue weighted by molar-refractivity contribution is -0.140. The van der Waals surface area contributed by atoms with Crippen molar-refractivity contribution >= 4 is 5.91 Å². The zero-order valence-corrected chi connectivity index (χ0v) is 12.8. The van der Waals surface area contributed by atoms with Crippen molar-refractivity contribution in [2.24, 2.45) is 11.8 Å². The molecule has 1 saturated carbocycles. The van der Waals surface area contributed by atoms with Crippen molar-refractivity contribution < 1.29 is 9.90 Å². The van der Waals surface area contributed by atoms with Gasteiger partial charge in [0.25, 0.3) is 0 Å². The third-order valence-electron chi connectivity index (χ3n) is 6.20. The van der Waals surface area contributed by atoms with Gasteiger partial charge in [-0.25, -0.2) is 0 Å². The molecule has 1 N–H and O–H groups in total. The first-order valence-corrected chi connectivity index (χ1v) is 8.13. The topological polar surface area (TPSA) is 40.5 Å². The van der Waals surface area contributed by atoms with E-state index >= 15 is 0 Å². The molecule has 1 aromatic rings. The van der Waals surface area contributed by atoms with Gasteiger partial charge in [-0.05, 0) is 60.3 Å². The van der Waals surface area contributed by atoms with Crippen LogP contribution in [0.25, 0.3) is 0 Å². The van der Waals surface area contributed by atoms with Gasteiger partial charge in [-0.2, -0.15) is 0 Å². The molecule has 1 heterocycles. The summed E-state index contributed by atoms with van der Waals surface area (Å²) in [5, 5.41) is 9.84. The number of carbonyl (C=O) groups excluding carboxylic acids is 1. The smallest absolute Gasteiger partial charge is 0.225 e. The molecule has 1 aromatic carbocycles. The van der Waals surface area contributed by atoms with Crippen LogP contribution in [0, 0.1) is 11.8 Å². The predicted molar refractivity (Wildman–Crippen MR) is 81.2 cm³/mol. The molecule has 2 aliphatic carbocycles. The van der Waals surface area contributed by atoms with Gasteiger partial charge in [0.2, 0.25) is 5.91 Å². The van der Waals surface area contributed by atoms with Gasteiger partial charge in [-0.15, -0.1) is 0 Å². The number of carbonyl (C=O) groups is 1. The van der Waals surface area contributed by atoms with Crippen molar-refractivity contribution in [2.75, 3.05) is 6.54 Å². The summed E-state index contributed by atoms with van der Waals surface area (Å²) in [6.07, 6.45) is 4.10. The van der Waals surface area contributed by atoms with Gasteiger partial charge < -0.3 is 10.0 Å². The summed E-state index contributed by atoms with van der Waals surface area (Å²) in [7, 11) is 0. The lowest BCUT2D eigenvalue weighted by atomic mass is 9.59. The number of piperidine rings is 1. The zero-order valence-electron chi connectivity index (χ0n) is 12.8. The number of likely N-dealkylation sites (tertiary alicyclic amines) is 1. The van der Waals surface area contributed by atoms with Crippen LogP contribution in [0.3, 0.4) is 0 Å². The first-order valence-electron chi connectivity index (χ1n) is 8.13. The average molecular weight is 285 g/mol. The summed E-state index contributed by atoms with van der Waals surface area (Å²) in [6.45, 7) is 5.46. The van der Waals surface area contributed by atoms with E-state index in [1.54, 1.807) is 6.07 Å². The van der Waals surface area contributed by atoms with Crippen molar-refractivity contribution in [1.82, 2.24) is 4.90 Å². The predicted octanol–water partition coefficient (Wildman–Crippen LogP) is 2.85. The third kappa shape index (κ3) is 1.82. The van der Waals surface area contributed by atoms with Gasteiger partial charge in [0.1, 0.15) is 5.75 Å². The van der Waals surface area contributed by atoms with Crippen molar-refractivity contribution in [3.63, 3.8) is 0 Å². The number of rotatable bonds is 1. The Labute approximate surface area is 126 Å². The van der Waals surface area contributed by atoms with Crippen molar-refractivity contribution in [3.05, 3.63) is 29.3 Å². The Morgan fingerprint density at radius 2 is 2.14 bits per heavy atom. The van der Waals surface area contributed by atoms with Crippen LogP contribution in [-0.4, -0.2) is 28.5 Å². The van der Waals surface area contributed by atoms with E-state index in [2.05, 4.69) is 18.7 Å². The maximum Gasteiger partial charge on any atom is 0.225 e. The van der Waals surface area contributed by atoms with Crippen molar-refractivity contribution in [1.29, 1.82) is 0 Å². The lowest BCUT2D eigenvalue weighted by Gasteiger charge is -2.54. The van der Waals surface area contributed by atoms with Crippen molar-refractivity contribution in [2.45, 2.75) is 51.0 Å². The van der Waals surface area contributed by atoms with Crippen LogP contribution in [0.1, 0.15) is 44.2 Å². The van der Waals surface area contributed by atoms with E-state index in [1.807, 2.05) is 12.1 Å². The second-order valence-electron chi connectivity index (χ2n) is 7.37. The SMILES string of the molecule is C[C@H]1[C@H]2Cc3ccc(O)cc3[C@@]1(C)CCN2C(=O)C1CC1. The Hall–Kier alpha value is -1.51. The van der Waals surface area contributed by atoms with Crippen LogP contribution < -0.4 is 0 Å². The summed E-state index contributed by atoms with van der Waals surface area (Å²) < 4.78 is 0. The summed E-state index contributed by atoms with van der Waals surface area (Å²) in [5.74, 6) is 1.50. The molecule has 0 radical (unpaired) electrons. The minimum Gasteiger partial charge on any atom is -0.508 e. The highest BCUT2D eigenvalue weighted by atomic mass is 16.3. The molecule has 21 heavy (non-hydrogen) atoms. The molecule has 3 nitrogen and oxygen atoms in total. The molecule has 0 spiro atoms. The van der Waals surface area contributed by atoms with E-state index in [0.29, 0.717) is 29.5 Å². The van der Waals surface area contributed by atoms with Gasteiger partial charge >= 0.3 is 0 Å². The number of phenols is 1. The van der Waals surface area contributed by atoms with Gasteiger partial charge in [-0.3, -0.25) is 4.79 Å². The Morgan fingerprint density at radius 1 is 1.38 bits per heavy atom. The standard InChI is InChI=1S/C18H23NO2/c1-11-16-9-13-5-6-14(20)10-15(13)18(11,2)7-8-19(16)17(21)12-3-4-12/h5-6,10-12,16,20H,3-4,7-9H2,1-2H3/t11-,16+,18-/m0/s1. The number of aromatic hydroxyl groups is 1. The van der Waals surface area contributed by atoms with Gasteiger partial charge in [-0.1, -0.05) is 19.9 Å². The zero-order chi connectivity index (χ0) is 14.8. The van der Waals surface area contributed by atoms with Crippen LogP contribution in [-0.2, 0) is 16.6 Å². The number of hydrogen-bond donors (Lipinski definition) is 1. The molecule has 3 aliphatic rings. The highest BCUT2D eigenvalue weighted by Crippen LogP contribution is 2.50. The summed E-state index contributed by atoms with van der Waals surface area (Å²) in [5.41, 5.74) is 2.69. The lowest BCUT2D eigenvalue weighted by Crippen LogP contribution is -2.59.